The lowest BCUT2D eigenvalue weighted by molar-refractivity contribution is -0.119. The van der Waals surface area contributed by atoms with Crippen LogP contribution < -0.4 is 10.6 Å². The average Bonchev–Trinajstić information content (AvgIpc) is 2.39. The molecule has 0 bridgehead atoms. The van der Waals surface area contributed by atoms with Crippen molar-refractivity contribution >= 4 is 35.1 Å². The number of rotatable bonds is 5. The van der Waals surface area contributed by atoms with E-state index in [0.29, 0.717) is 5.69 Å². The molecule has 0 saturated heterocycles. The molecule has 1 rings (SSSR count). The first kappa shape index (κ1) is 16.0. The van der Waals surface area contributed by atoms with E-state index in [1.54, 1.807) is 6.07 Å². The first-order chi connectivity index (χ1) is 9.43. The second kappa shape index (κ2) is 7.49. The molecule has 0 unspecified atom stereocenters. The normalized spacial score (nSPS) is 9.75. The van der Waals surface area contributed by atoms with Crippen molar-refractivity contribution in [2.45, 2.75) is 13.3 Å². The number of benzene rings is 1. The number of esters is 1. The van der Waals surface area contributed by atoms with Crippen LogP contribution in [0.4, 0.5) is 5.69 Å². The summed E-state index contributed by atoms with van der Waals surface area (Å²) in [6.07, 6.45) is 0.135. The van der Waals surface area contributed by atoms with E-state index >= 15 is 0 Å². The molecule has 1 aromatic carbocycles. The van der Waals surface area contributed by atoms with Crippen molar-refractivity contribution in [2.24, 2.45) is 0 Å². The topological polar surface area (TPSA) is 84.5 Å². The highest BCUT2D eigenvalue weighted by Gasteiger charge is 2.12. The minimum atomic E-state index is -0.579. The van der Waals surface area contributed by atoms with Crippen LogP contribution in [0.5, 0.6) is 0 Å². The summed E-state index contributed by atoms with van der Waals surface area (Å²) in [4.78, 5) is 33.7. The summed E-state index contributed by atoms with van der Waals surface area (Å²) >= 11 is 5.86. The molecule has 7 heteroatoms. The van der Waals surface area contributed by atoms with E-state index in [-0.39, 0.29) is 35.4 Å². The summed E-state index contributed by atoms with van der Waals surface area (Å²) in [5.41, 5.74) is 0.608. The Morgan fingerprint density at radius 3 is 2.60 bits per heavy atom. The van der Waals surface area contributed by atoms with Gasteiger partial charge in [-0.05, 0) is 18.2 Å². The Balaban J connectivity index is 2.66. The van der Waals surface area contributed by atoms with Crippen LogP contribution in [0.1, 0.15) is 23.7 Å². The maximum atomic E-state index is 11.6. The van der Waals surface area contributed by atoms with Gasteiger partial charge in [0.2, 0.25) is 11.8 Å². The van der Waals surface area contributed by atoms with Gasteiger partial charge in [0.15, 0.2) is 0 Å². The maximum Gasteiger partial charge on any atom is 0.339 e. The van der Waals surface area contributed by atoms with Crippen LogP contribution in [0.15, 0.2) is 18.2 Å². The van der Waals surface area contributed by atoms with E-state index in [1.807, 2.05) is 0 Å². The van der Waals surface area contributed by atoms with Gasteiger partial charge < -0.3 is 15.4 Å². The van der Waals surface area contributed by atoms with Gasteiger partial charge in [0.05, 0.1) is 17.7 Å². The van der Waals surface area contributed by atoms with Gasteiger partial charge in [-0.2, -0.15) is 0 Å². The van der Waals surface area contributed by atoms with E-state index in [1.165, 1.54) is 26.2 Å². The maximum absolute atomic E-state index is 11.6. The van der Waals surface area contributed by atoms with E-state index < -0.39 is 5.97 Å². The van der Waals surface area contributed by atoms with Crippen LogP contribution in [0, 0.1) is 0 Å². The van der Waals surface area contributed by atoms with Gasteiger partial charge >= 0.3 is 5.97 Å². The molecular formula is C13H15ClN2O4. The van der Waals surface area contributed by atoms with Crippen molar-refractivity contribution in [3.05, 3.63) is 28.8 Å². The van der Waals surface area contributed by atoms with Crippen molar-refractivity contribution in [1.29, 1.82) is 0 Å². The molecule has 0 saturated carbocycles. The number of hydrogen-bond acceptors (Lipinski definition) is 4. The highest BCUT2D eigenvalue weighted by atomic mass is 35.5. The number of anilines is 1. The molecule has 0 spiro atoms. The van der Waals surface area contributed by atoms with Gasteiger partial charge in [0.25, 0.3) is 0 Å². The van der Waals surface area contributed by atoms with Crippen LogP contribution >= 0.6 is 11.6 Å². The number of amides is 2. The zero-order valence-corrected chi connectivity index (χ0v) is 11.9. The Labute approximate surface area is 121 Å². The lowest BCUT2D eigenvalue weighted by atomic mass is 10.2. The molecule has 20 heavy (non-hydrogen) atoms. The molecule has 0 heterocycles. The quantitative estimate of drug-likeness (QED) is 0.809. The zero-order valence-electron chi connectivity index (χ0n) is 11.2. The lowest BCUT2D eigenvalue weighted by Gasteiger charge is -2.08. The number of carbonyl (C=O) groups excluding carboxylic acids is 3. The van der Waals surface area contributed by atoms with Crippen molar-refractivity contribution in [2.75, 3.05) is 19.0 Å². The summed E-state index contributed by atoms with van der Waals surface area (Å²) in [7, 11) is 1.25. The standard InChI is InChI=1S/C13H15ClN2O4/c1-8(17)15-6-5-12(18)16-9-3-4-11(14)10(7-9)13(19)20-2/h3-4,7H,5-6H2,1-2H3,(H,15,17)(H,16,18). The van der Waals surface area contributed by atoms with E-state index in [9.17, 15) is 14.4 Å². The molecule has 2 amide bonds. The lowest BCUT2D eigenvalue weighted by Crippen LogP contribution is -2.25. The fourth-order valence-corrected chi connectivity index (χ4v) is 1.64. The Morgan fingerprint density at radius 2 is 2.00 bits per heavy atom. The Kier molecular flexibility index (Phi) is 5.99. The molecule has 1 aromatic rings. The largest absolute Gasteiger partial charge is 0.465 e. The summed E-state index contributed by atoms with van der Waals surface area (Å²) in [6, 6.07) is 4.51. The molecule has 0 aliphatic carbocycles. The highest BCUT2D eigenvalue weighted by molar-refractivity contribution is 6.33. The first-order valence-electron chi connectivity index (χ1n) is 5.86. The van der Waals surface area contributed by atoms with Crippen LogP contribution in [0.2, 0.25) is 5.02 Å². The van der Waals surface area contributed by atoms with Crippen LogP contribution in [0.25, 0.3) is 0 Å². The number of hydrogen-bond donors (Lipinski definition) is 2. The predicted octanol–water partition coefficient (Wildman–Crippen LogP) is 1.59. The molecule has 108 valence electrons. The zero-order chi connectivity index (χ0) is 15.1. The van der Waals surface area contributed by atoms with Gasteiger partial charge in [-0.3, -0.25) is 9.59 Å². The van der Waals surface area contributed by atoms with Crippen molar-refractivity contribution in [3.63, 3.8) is 0 Å². The Morgan fingerprint density at radius 1 is 1.30 bits per heavy atom. The van der Waals surface area contributed by atoms with Gasteiger partial charge in [0, 0.05) is 25.6 Å². The summed E-state index contributed by atoms with van der Waals surface area (Å²) in [5.74, 6) is -1.06. The van der Waals surface area contributed by atoms with E-state index in [2.05, 4.69) is 15.4 Å². The fraction of sp³-hybridized carbons (Fsp3) is 0.308. The monoisotopic (exact) mass is 298 g/mol. The number of nitrogens with one attached hydrogen (secondary N) is 2. The number of ether oxygens (including phenoxy) is 1. The highest BCUT2D eigenvalue weighted by Crippen LogP contribution is 2.21. The molecule has 2 N–H and O–H groups in total. The van der Waals surface area contributed by atoms with Gasteiger partial charge in [0.1, 0.15) is 0 Å². The molecule has 0 aromatic heterocycles. The third kappa shape index (κ3) is 4.89. The van der Waals surface area contributed by atoms with E-state index in [0.717, 1.165) is 0 Å². The predicted molar refractivity (Wildman–Crippen MR) is 74.7 cm³/mol. The van der Waals surface area contributed by atoms with Crippen molar-refractivity contribution in [3.8, 4) is 0 Å². The van der Waals surface area contributed by atoms with Crippen molar-refractivity contribution in [1.82, 2.24) is 5.32 Å². The van der Waals surface area contributed by atoms with Crippen LogP contribution in [-0.2, 0) is 14.3 Å². The molecule has 0 radical (unpaired) electrons. The summed E-state index contributed by atoms with van der Waals surface area (Å²) in [5, 5.41) is 5.36. The second-order valence-corrected chi connectivity index (χ2v) is 4.37. The molecule has 0 fully saturated rings. The third-order valence-corrected chi connectivity index (χ3v) is 2.71. The fourth-order valence-electron chi connectivity index (χ4n) is 1.44. The van der Waals surface area contributed by atoms with Gasteiger partial charge in [-0.15, -0.1) is 0 Å². The Hall–Kier alpha value is -2.08. The molecular weight excluding hydrogens is 284 g/mol. The summed E-state index contributed by atoms with van der Waals surface area (Å²) < 4.78 is 4.58. The average molecular weight is 299 g/mol. The number of halogens is 1. The van der Waals surface area contributed by atoms with E-state index in [4.69, 9.17) is 11.6 Å². The smallest absolute Gasteiger partial charge is 0.339 e. The SMILES string of the molecule is COC(=O)c1cc(NC(=O)CCNC(C)=O)ccc1Cl. The first-order valence-corrected chi connectivity index (χ1v) is 6.24. The minimum Gasteiger partial charge on any atom is -0.465 e. The molecule has 0 atom stereocenters. The molecule has 0 aliphatic rings. The summed E-state index contributed by atoms with van der Waals surface area (Å²) in [6.45, 7) is 1.62. The number of methoxy groups -OCH3 is 1. The van der Waals surface area contributed by atoms with Gasteiger partial charge in [-0.25, -0.2) is 4.79 Å². The minimum absolute atomic E-state index is 0.135. The van der Waals surface area contributed by atoms with Crippen LogP contribution in [0.3, 0.4) is 0 Å². The third-order valence-electron chi connectivity index (χ3n) is 2.38. The number of carbonyl (C=O) groups is 3. The molecule has 6 nitrogen and oxygen atoms in total. The van der Waals surface area contributed by atoms with Crippen molar-refractivity contribution < 1.29 is 19.1 Å². The second-order valence-electron chi connectivity index (χ2n) is 3.97. The molecule has 0 aliphatic heterocycles. The van der Waals surface area contributed by atoms with Gasteiger partial charge in [-0.1, -0.05) is 11.6 Å². The van der Waals surface area contributed by atoms with Crippen LogP contribution in [-0.4, -0.2) is 31.4 Å². The Bertz CT molecular complexity index is 531.